The van der Waals surface area contributed by atoms with Crippen molar-refractivity contribution in [3.8, 4) is 0 Å². The lowest BCUT2D eigenvalue weighted by Crippen LogP contribution is -2.29. The highest BCUT2D eigenvalue weighted by atomic mass is 16.5. The average Bonchev–Trinajstić information content (AvgIpc) is 3.61. The first-order valence-corrected chi connectivity index (χ1v) is 21.9. The fourth-order valence-corrected chi connectivity index (χ4v) is 11.2. The van der Waals surface area contributed by atoms with E-state index in [0.29, 0.717) is 17.8 Å². The molecule has 0 spiro atoms. The van der Waals surface area contributed by atoms with Crippen molar-refractivity contribution in [1.29, 1.82) is 0 Å². The summed E-state index contributed by atoms with van der Waals surface area (Å²) in [5, 5.41) is 2.29. The molecule has 0 N–H and O–H groups in total. The Labute approximate surface area is 343 Å². The lowest BCUT2D eigenvalue weighted by Gasteiger charge is -2.42. The third-order valence-electron chi connectivity index (χ3n) is 14.2. The minimum Gasteiger partial charge on any atom is -0.444 e. The number of anilines is 3. The van der Waals surface area contributed by atoms with Gasteiger partial charge in [-0.05, 0) is 145 Å². The van der Waals surface area contributed by atoms with Gasteiger partial charge >= 0.3 is 6.09 Å². The quantitative estimate of drug-likeness (QED) is 0.162. The maximum absolute atomic E-state index is 13.7. The summed E-state index contributed by atoms with van der Waals surface area (Å²) in [4.78, 5) is 16.1. The second kappa shape index (κ2) is 16.3. The SMILES string of the molecule is O=C(OCc1ccccc1)n1c2ccccc2c2cc([C@H]3CC4CCC5CCC(CCC3CC4)C[C@@H]5c3ccc(N(c4ccccc4)c4ccccc4)cc3)ccc21. The number of fused-ring (bicyclic) bond motifs is 3. The molecule has 1 heterocycles. The number of benzene rings is 6. The van der Waals surface area contributed by atoms with E-state index in [1.54, 1.807) is 4.57 Å². The Bertz CT molecular complexity index is 2430. The van der Waals surface area contributed by atoms with Crippen LogP contribution in [0, 0.1) is 23.7 Å². The Kier molecular flexibility index (Phi) is 10.3. The van der Waals surface area contributed by atoms with Crippen LogP contribution < -0.4 is 4.90 Å². The standard InChI is InChI=1S/C54H54N2O2/c57-54(58-37-40-12-4-1-5-13-40)56-52-19-11-10-18-48(52)51-36-44(30-33-53(51)56)50-35-39-21-25-41-24-20-38(22-26-42(50)27-23-39)34-49(41)43-28-31-47(32-29-43)55(45-14-6-2-7-15-45)46-16-8-3-9-17-46/h1-19,28-33,36,38-39,41-42,49-50H,20-27,34-35,37H2/t38?,39?,41?,42?,49-,50-/m0/s1. The third-order valence-corrected chi connectivity index (χ3v) is 14.2. The van der Waals surface area contributed by atoms with Gasteiger partial charge in [-0.25, -0.2) is 9.36 Å². The van der Waals surface area contributed by atoms with Crippen molar-refractivity contribution in [3.63, 3.8) is 0 Å². The summed E-state index contributed by atoms with van der Waals surface area (Å²) in [5.74, 6) is 4.20. The van der Waals surface area contributed by atoms with Crippen LogP contribution in [0.25, 0.3) is 21.8 Å². The molecule has 6 saturated carbocycles. The minimum atomic E-state index is -0.321. The number of carbonyl (C=O) groups is 1. The predicted molar refractivity (Wildman–Crippen MR) is 238 cm³/mol. The fraction of sp³-hybridized carbons (Fsp3) is 0.315. The normalized spacial score (nSPS) is 23.3. The largest absolute Gasteiger partial charge is 0.444 e. The van der Waals surface area contributed by atoms with Gasteiger partial charge in [0, 0.05) is 27.8 Å². The van der Waals surface area contributed by atoms with Gasteiger partial charge in [-0.3, -0.25) is 0 Å². The number of carbonyl (C=O) groups excluding carboxylic acids is 1. The highest BCUT2D eigenvalue weighted by Crippen LogP contribution is 2.51. The Morgan fingerprint density at radius 2 is 0.983 bits per heavy atom. The first-order chi connectivity index (χ1) is 28.7. The summed E-state index contributed by atoms with van der Waals surface area (Å²) in [6.45, 7) is 0.258. The van der Waals surface area contributed by atoms with E-state index in [1.807, 2.05) is 36.4 Å². The number of rotatable bonds is 7. The topological polar surface area (TPSA) is 34.5 Å². The molecule has 0 radical (unpaired) electrons. The maximum Gasteiger partial charge on any atom is 0.419 e. The molecule has 6 aliphatic rings. The molecule has 13 rings (SSSR count). The van der Waals surface area contributed by atoms with Crippen molar-refractivity contribution in [3.05, 3.63) is 174 Å². The summed E-state index contributed by atoms with van der Waals surface area (Å²) < 4.78 is 7.67. The number of hydrogen-bond donors (Lipinski definition) is 0. The van der Waals surface area contributed by atoms with E-state index in [1.165, 1.54) is 92.4 Å². The van der Waals surface area contributed by atoms with Gasteiger partial charge < -0.3 is 9.64 Å². The molecule has 7 aromatic rings. The number of nitrogens with zero attached hydrogens (tertiary/aromatic N) is 2. The molecule has 4 nitrogen and oxygen atoms in total. The van der Waals surface area contributed by atoms with Gasteiger partial charge in [0.05, 0.1) is 11.0 Å². The zero-order valence-corrected chi connectivity index (χ0v) is 33.5. The molecule has 1 aromatic heterocycles. The molecule has 4 heteroatoms. The van der Waals surface area contributed by atoms with Gasteiger partial charge in [0.1, 0.15) is 6.61 Å². The maximum atomic E-state index is 13.7. The molecule has 0 aliphatic heterocycles. The van der Waals surface area contributed by atoms with Crippen molar-refractivity contribution in [2.24, 2.45) is 23.7 Å². The first-order valence-electron chi connectivity index (χ1n) is 21.9. The molecular weight excluding hydrogens is 709 g/mol. The average molecular weight is 763 g/mol. The second-order valence-corrected chi connectivity index (χ2v) is 17.5. The number of ether oxygens (including phenoxy) is 1. The predicted octanol–water partition coefficient (Wildman–Crippen LogP) is 14.7. The second-order valence-electron chi connectivity index (χ2n) is 17.5. The van der Waals surface area contributed by atoms with Crippen LogP contribution in [-0.4, -0.2) is 10.7 Å². The molecule has 4 unspecified atom stereocenters. The highest BCUT2D eigenvalue weighted by Gasteiger charge is 2.37. The van der Waals surface area contributed by atoms with Crippen LogP contribution in [0.5, 0.6) is 0 Å². The Balaban J connectivity index is 0.885. The summed E-state index contributed by atoms with van der Waals surface area (Å²) in [7, 11) is 0. The van der Waals surface area contributed by atoms with Gasteiger partial charge in [-0.2, -0.15) is 0 Å². The van der Waals surface area contributed by atoms with E-state index in [9.17, 15) is 4.79 Å². The van der Waals surface area contributed by atoms with E-state index in [4.69, 9.17) is 4.74 Å². The number of aromatic nitrogens is 1. The summed E-state index contributed by atoms with van der Waals surface area (Å²) in [6, 6.07) is 56.4. The summed E-state index contributed by atoms with van der Waals surface area (Å²) in [5.41, 5.74) is 9.43. The Morgan fingerprint density at radius 3 is 1.59 bits per heavy atom. The van der Waals surface area contributed by atoms with Crippen molar-refractivity contribution >= 4 is 45.0 Å². The summed E-state index contributed by atoms with van der Waals surface area (Å²) in [6.07, 6.45) is 13.0. The van der Waals surface area contributed by atoms with E-state index in [0.717, 1.165) is 45.1 Å². The van der Waals surface area contributed by atoms with Gasteiger partial charge in [-0.1, -0.05) is 129 Å². The molecule has 6 aromatic carbocycles. The van der Waals surface area contributed by atoms with Crippen LogP contribution in [0.1, 0.15) is 92.7 Å². The smallest absolute Gasteiger partial charge is 0.419 e. The van der Waals surface area contributed by atoms with Crippen molar-refractivity contribution in [2.45, 2.75) is 82.7 Å². The van der Waals surface area contributed by atoms with Crippen LogP contribution >= 0.6 is 0 Å². The van der Waals surface area contributed by atoms with Crippen molar-refractivity contribution in [2.75, 3.05) is 4.90 Å². The van der Waals surface area contributed by atoms with Crippen LogP contribution in [0.4, 0.5) is 21.9 Å². The van der Waals surface area contributed by atoms with Gasteiger partial charge in [-0.15, -0.1) is 0 Å². The fourth-order valence-electron chi connectivity index (χ4n) is 11.2. The van der Waals surface area contributed by atoms with Gasteiger partial charge in [0.2, 0.25) is 0 Å². The Hall–Kier alpha value is -5.61. The molecule has 0 saturated heterocycles. The molecule has 292 valence electrons. The molecule has 0 amide bonds. The lowest BCUT2D eigenvalue weighted by molar-refractivity contribution is 0.143. The molecule has 6 aliphatic carbocycles. The Morgan fingerprint density at radius 1 is 0.500 bits per heavy atom. The highest BCUT2D eigenvalue weighted by molar-refractivity contribution is 6.12. The zero-order valence-electron chi connectivity index (χ0n) is 33.5. The van der Waals surface area contributed by atoms with Gasteiger partial charge in [0.25, 0.3) is 0 Å². The van der Waals surface area contributed by atoms with Gasteiger partial charge in [0.15, 0.2) is 0 Å². The monoisotopic (exact) mass is 762 g/mol. The van der Waals surface area contributed by atoms with E-state index in [2.05, 4.69) is 126 Å². The lowest BCUT2D eigenvalue weighted by atomic mass is 9.63. The summed E-state index contributed by atoms with van der Waals surface area (Å²) >= 11 is 0. The molecular formula is C54H54N2O2. The van der Waals surface area contributed by atoms with E-state index >= 15 is 0 Å². The van der Waals surface area contributed by atoms with Crippen LogP contribution in [0.3, 0.4) is 0 Å². The van der Waals surface area contributed by atoms with Crippen LogP contribution in [-0.2, 0) is 11.3 Å². The van der Waals surface area contributed by atoms with Crippen molar-refractivity contribution < 1.29 is 9.53 Å². The first kappa shape index (κ1) is 36.7. The number of hydrogen-bond acceptors (Lipinski definition) is 3. The van der Waals surface area contributed by atoms with Crippen LogP contribution in [0.2, 0.25) is 0 Å². The molecule has 6 fully saturated rings. The van der Waals surface area contributed by atoms with E-state index < -0.39 is 0 Å². The van der Waals surface area contributed by atoms with Crippen LogP contribution in [0.15, 0.2) is 158 Å². The molecule has 6 atom stereocenters. The van der Waals surface area contributed by atoms with E-state index in [-0.39, 0.29) is 12.7 Å². The molecule has 58 heavy (non-hydrogen) atoms. The van der Waals surface area contributed by atoms with Crippen molar-refractivity contribution in [1.82, 2.24) is 4.57 Å². The molecule has 4 bridgehead atoms. The third kappa shape index (κ3) is 7.34. The zero-order chi connectivity index (χ0) is 38.8. The number of para-hydroxylation sites is 3. The minimum absolute atomic E-state index is 0.258.